The van der Waals surface area contributed by atoms with Gasteiger partial charge in [0.1, 0.15) is 5.69 Å². The number of benzene rings is 1. The molecular weight excluding hydrogens is 332 g/mol. The first-order valence-corrected chi connectivity index (χ1v) is 7.35. The lowest BCUT2D eigenvalue weighted by Crippen LogP contribution is -2.47. The number of carbonyl (C=O) groups excluding carboxylic acids is 1. The average molecular weight is 348 g/mol. The normalized spacial score (nSPS) is 15.1. The number of carbonyl (C=O) groups is 1. The van der Waals surface area contributed by atoms with E-state index in [4.69, 9.17) is 4.74 Å². The van der Waals surface area contributed by atoms with E-state index >= 15 is 0 Å². The molecule has 1 aromatic rings. The lowest BCUT2D eigenvalue weighted by Gasteiger charge is -2.41. The van der Waals surface area contributed by atoms with Crippen molar-refractivity contribution in [1.29, 1.82) is 0 Å². The molecule has 110 valence electrons. The predicted octanol–water partition coefficient (Wildman–Crippen LogP) is 3.51. The highest BCUT2D eigenvalue weighted by atomic mass is 79.9. The number of hydrogen-bond acceptors (Lipinski definition) is 3. The summed E-state index contributed by atoms with van der Waals surface area (Å²) in [6.45, 7) is 3.27. The van der Waals surface area contributed by atoms with Gasteiger partial charge in [-0.05, 0) is 31.4 Å². The van der Waals surface area contributed by atoms with Gasteiger partial charge in [-0.15, -0.1) is 0 Å². The zero-order valence-electron chi connectivity index (χ0n) is 11.2. The molecule has 0 amide bonds. The molecule has 6 heteroatoms. The van der Waals surface area contributed by atoms with Crippen molar-refractivity contribution in [3.8, 4) is 0 Å². The zero-order valence-corrected chi connectivity index (χ0v) is 12.8. The maximum atomic E-state index is 13.7. The number of nitrogens with zero attached hydrogens (tertiary/aromatic N) is 1. The van der Waals surface area contributed by atoms with Crippen molar-refractivity contribution in [2.45, 2.75) is 19.8 Å². The summed E-state index contributed by atoms with van der Waals surface area (Å²) in [7, 11) is 0. The number of anilines is 1. The molecule has 1 fully saturated rings. The molecule has 1 aliphatic rings. The SMILES string of the molecule is CCOC(=O)CCC1CN(c2c(F)cc(Br)cc2F)C1. The molecule has 0 N–H and O–H groups in total. The number of hydrogen-bond donors (Lipinski definition) is 0. The summed E-state index contributed by atoms with van der Waals surface area (Å²) in [5.74, 6) is -1.07. The van der Waals surface area contributed by atoms with Crippen LogP contribution in [0.15, 0.2) is 16.6 Å². The summed E-state index contributed by atoms with van der Waals surface area (Å²) >= 11 is 3.05. The Bertz CT molecular complexity index is 481. The molecule has 1 heterocycles. The molecule has 0 aromatic heterocycles. The van der Waals surface area contributed by atoms with Gasteiger partial charge in [-0.2, -0.15) is 0 Å². The Balaban J connectivity index is 1.86. The van der Waals surface area contributed by atoms with Crippen LogP contribution in [0.3, 0.4) is 0 Å². The minimum Gasteiger partial charge on any atom is -0.466 e. The van der Waals surface area contributed by atoms with E-state index in [9.17, 15) is 13.6 Å². The second-order valence-corrected chi connectivity index (χ2v) is 5.75. The summed E-state index contributed by atoms with van der Waals surface area (Å²) in [4.78, 5) is 12.9. The maximum Gasteiger partial charge on any atom is 0.305 e. The van der Waals surface area contributed by atoms with E-state index in [1.807, 2.05) is 0 Å². The van der Waals surface area contributed by atoms with Crippen molar-refractivity contribution in [2.75, 3.05) is 24.6 Å². The standard InChI is InChI=1S/C14H16BrF2NO2/c1-2-20-13(19)4-3-9-7-18(8-9)14-11(16)5-10(15)6-12(14)17/h5-6,9H,2-4,7-8H2,1H3. The van der Waals surface area contributed by atoms with Crippen molar-refractivity contribution in [2.24, 2.45) is 5.92 Å². The van der Waals surface area contributed by atoms with Gasteiger partial charge in [0, 0.05) is 24.0 Å². The Morgan fingerprint density at radius 1 is 1.40 bits per heavy atom. The third-order valence-electron chi connectivity index (χ3n) is 3.32. The van der Waals surface area contributed by atoms with Crippen LogP contribution in [0.25, 0.3) is 0 Å². The Morgan fingerprint density at radius 3 is 2.55 bits per heavy atom. The van der Waals surface area contributed by atoms with Crippen LogP contribution in [0.4, 0.5) is 14.5 Å². The highest BCUT2D eigenvalue weighted by molar-refractivity contribution is 9.10. The van der Waals surface area contributed by atoms with Crippen LogP contribution in [-0.4, -0.2) is 25.7 Å². The lowest BCUT2D eigenvalue weighted by molar-refractivity contribution is -0.143. The quantitative estimate of drug-likeness (QED) is 0.763. The van der Waals surface area contributed by atoms with Gasteiger partial charge in [-0.3, -0.25) is 4.79 Å². The smallest absolute Gasteiger partial charge is 0.305 e. The molecule has 20 heavy (non-hydrogen) atoms. The van der Waals surface area contributed by atoms with Crippen LogP contribution in [0.2, 0.25) is 0 Å². The van der Waals surface area contributed by atoms with E-state index in [0.717, 1.165) is 0 Å². The van der Waals surface area contributed by atoms with Gasteiger partial charge in [0.2, 0.25) is 0 Å². The fourth-order valence-corrected chi connectivity index (χ4v) is 2.73. The lowest BCUT2D eigenvalue weighted by atomic mass is 9.94. The summed E-state index contributed by atoms with van der Waals surface area (Å²) in [5.41, 5.74) is 0.0144. The topological polar surface area (TPSA) is 29.5 Å². The van der Waals surface area contributed by atoms with E-state index in [-0.39, 0.29) is 17.6 Å². The zero-order chi connectivity index (χ0) is 14.7. The largest absolute Gasteiger partial charge is 0.466 e. The average Bonchev–Trinajstić information content (AvgIpc) is 2.29. The third-order valence-corrected chi connectivity index (χ3v) is 3.77. The van der Waals surface area contributed by atoms with Crippen molar-refractivity contribution < 1.29 is 18.3 Å². The number of halogens is 3. The Labute approximate surface area is 125 Å². The highest BCUT2D eigenvalue weighted by Crippen LogP contribution is 2.33. The number of rotatable bonds is 5. The maximum absolute atomic E-state index is 13.7. The van der Waals surface area contributed by atoms with Crippen LogP contribution in [0, 0.1) is 17.6 Å². The molecule has 0 saturated carbocycles. The molecular formula is C14H16BrF2NO2. The first kappa shape index (κ1) is 15.2. The van der Waals surface area contributed by atoms with E-state index in [0.29, 0.717) is 37.0 Å². The fraction of sp³-hybridized carbons (Fsp3) is 0.500. The van der Waals surface area contributed by atoms with Crippen LogP contribution in [0.1, 0.15) is 19.8 Å². The molecule has 0 aliphatic carbocycles. The van der Waals surface area contributed by atoms with Crippen molar-refractivity contribution in [3.63, 3.8) is 0 Å². The molecule has 2 rings (SSSR count). The predicted molar refractivity (Wildman–Crippen MR) is 75.6 cm³/mol. The first-order valence-electron chi connectivity index (χ1n) is 6.56. The third kappa shape index (κ3) is 3.48. The Hall–Kier alpha value is -1.17. The van der Waals surface area contributed by atoms with Gasteiger partial charge in [0.25, 0.3) is 0 Å². The first-order chi connectivity index (χ1) is 9.51. The molecule has 3 nitrogen and oxygen atoms in total. The second-order valence-electron chi connectivity index (χ2n) is 4.83. The number of esters is 1. The van der Waals surface area contributed by atoms with Gasteiger partial charge in [-0.1, -0.05) is 15.9 Å². The summed E-state index contributed by atoms with van der Waals surface area (Å²) in [6.07, 6.45) is 1.05. The Kier molecular flexibility index (Phi) is 4.96. The molecule has 1 aliphatic heterocycles. The molecule has 1 saturated heterocycles. The summed E-state index contributed by atoms with van der Waals surface area (Å²) < 4.78 is 32.7. The summed E-state index contributed by atoms with van der Waals surface area (Å²) in [5, 5.41) is 0. The van der Waals surface area contributed by atoms with Crippen LogP contribution < -0.4 is 4.90 Å². The molecule has 0 atom stereocenters. The fourth-order valence-electron chi connectivity index (χ4n) is 2.33. The molecule has 0 unspecified atom stereocenters. The molecule has 1 aromatic carbocycles. The van der Waals surface area contributed by atoms with Crippen LogP contribution >= 0.6 is 15.9 Å². The molecule has 0 radical (unpaired) electrons. The van der Waals surface area contributed by atoms with Gasteiger partial charge >= 0.3 is 5.97 Å². The van der Waals surface area contributed by atoms with Crippen molar-refractivity contribution >= 4 is 27.6 Å². The number of ether oxygens (including phenoxy) is 1. The summed E-state index contributed by atoms with van der Waals surface area (Å²) in [6, 6.07) is 2.51. The second kappa shape index (κ2) is 6.52. The van der Waals surface area contributed by atoms with Gasteiger partial charge < -0.3 is 9.64 Å². The minimum atomic E-state index is -0.569. The highest BCUT2D eigenvalue weighted by Gasteiger charge is 2.31. The van der Waals surface area contributed by atoms with Crippen molar-refractivity contribution in [3.05, 3.63) is 28.2 Å². The van der Waals surface area contributed by atoms with E-state index in [1.54, 1.807) is 11.8 Å². The van der Waals surface area contributed by atoms with Gasteiger partial charge in [0.15, 0.2) is 11.6 Å². The van der Waals surface area contributed by atoms with Crippen LogP contribution in [-0.2, 0) is 9.53 Å². The monoisotopic (exact) mass is 347 g/mol. The minimum absolute atomic E-state index is 0.0144. The molecule has 0 bridgehead atoms. The van der Waals surface area contributed by atoms with E-state index < -0.39 is 11.6 Å². The van der Waals surface area contributed by atoms with Crippen molar-refractivity contribution in [1.82, 2.24) is 0 Å². The van der Waals surface area contributed by atoms with E-state index in [2.05, 4.69) is 15.9 Å². The van der Waals surface area contributed by atoms with Crippen LogP contribution in [0.5, 0.6) is 0 Å². The Morgan fingerprint density at radius 2 is 2.00 bits per heavy atom. The molecule has 0 spiro atoms. The van der Waals surface area contributed by atoms with E-state index in [1.165, 1.54) is 12.1 Å². The van der Waals surface area contributed by atoms with Gasteiger partial charge in [0.05, 0.1) is 6.61 Å². The van der Waals surface area contributed by atoms with Gasteiger partial charge in [-0.25, -0.2) is 8.78 Å².